The first-order valence-corrected chi connectivity index (χ1v) is 41.4. The number of unbranched alkanes of at least 4 members (excludes halogenated alkanes) is 52. The molecule has 0 spiro atoms. The summed E-state index contributed by atoms with van der Waals surface area (Å²) >= 11 is 0. The lowest BCUT2D eigenvalue weighted by Crippen LogP contribution is -2.47. The van der Waals surface area contributed by atoms with Crippen molar-refractivity contribution in [2.45, 2.75) is 418 Å². The van der Waals surface area contributed by atoms with Gasteiger partial charge in [0.15, 0.2) is 0 Å². The molecule has 10 heteroatoms. The number of allylic oxidation sites excluding steroid dienone is 7. The molecule has 1 N–H and O–H groups in total. The molecule has 0 aliphatic heterocycles. The van der Waals surface area contributed by atoms with Crippen molar-refractivity contribution in [3.63, 3.8) is 0 Å². The smallest absolute Gasteiger partial charge is 0.306 e. The number of carbonyl (C=O) groups is 2. The first-order chi connectivity index (χ1) is 44.4. The van der Waals surface area contributed by atoms with Gasteiger partial charge in [0, 0.05) is 12.8 Å². The van der Waals surface area contributed by atoms with Gasteiger partial charge in [-0.1, -0.05) is 372 Å². The Bertz CT molecular complexity index is 1690. The lowest BCUT2D eigenvalue weighted by molar-refractivity contribution is -0.870. The van der Waals surface area contributed by atoms with Gasteiger partial charge < -0.3 is 28.5 Å². The molecule has 0 aromatic rings. The second-order valence-corrected chi connectivity index (χ2v) is 30.0. The van der Waals surface area contributed by atoms with Crippen molar-refractivity contribution in [2.24, 2.45) is 0 Å². The molecular weight excluding hydrogens is 1140 g/mol. The Labute approximate surface area is 567 Å². The summed E-state index contributed by atoms with van der Waals surface area (Å²) in [6, 6.07) is -0.889. The molecular formula is C81H155N2O7P. The molecule has 0 fully saturated rings. The number of nitrogens with one attached hydrogen (secondary N) is 1. The molecule has 0 aromatic carbocycles. The maximum absolute atomic E-state index is 13.7. The maximum Gasteiger partial charge on any atom is 0.306 e. The second-order valence-electron chi connectivity index (χ2n) is 28.6. The number of likely N-dealkylation sites (N-methyl/N-ethyl adjacent to an activating group) is 1. The number of esters is 1. The topological polar surface area (TPSA) is 114 Å². The molecule has 0 bridgehead atoms. The van der Waals surface area contributed by atoms with Crippen molar-refractivity contribution in [1.29, 1.82) is 0 Å². The molecule has 3 atom stereocenters. The van der Waals surface area contributed by atoms with E-state index in [0.29, 0.717) is 17.4 Å². The number of phosphoric ester groups is 1. The number of amides is 1. The van der Waals surface area contributed by atoms with E-state index >= 15 is 0 Å². The Morgan fingerprint density at radius 3 is 1.02 bits per heavy atom. The van der Waals surface area contributed by atoms with Gasteiger partial charge in [-0.05, 0) is 70.3 Å². The number of hydrogen-bond acceptors (Lipinski definition) is 7. The fourth-order valence-electron chi connectivity index (χ4n) is 12.1. The summed E-state index contributed by atoms with van der Waals surface area (Å²) in [5, 5.41) is 3.06. The molecule has 0 heterocycles. The van der Waals surface area contributed by atoms with Gasteiger partial charge >= 0.3 is 5.97 Å². The summed E-state index contributed by atoms with van der Waals surface area (Å²) in [5.41, 5.74) is 0. The minimum absolute atomic E-state index is 0.0204. The minimum Gasteiger partial charge on any atom is -0.756 e. The van der Waals surface area contributed by atoms with Gasteiger partial charge in [-0.15, -0.1) is 0 Å². The highest BCUT2D eigenvalue weighted by atomic mass is 31.2. The first kappa shape index (κ1) is 89.0. The van der Waals surface area contributed by atoms with E-state index in [1.807, 2.05) is 33.3 Å². The summed E-state index contributed by atoms with van der Waals surface area (Å²) in [7, 11) is 1.20. The number of ether oxygens (including phenoxy) is 1. The van der Waals surface area contributed by atoms with Crippen LogP contribution < -0.4 is 10.2 Å². The van der Waals surface area contributed by atoms with Crippen molar-refractivity contribution >= 4 is 19.7 Å². The molecule has 3 unspecified atom stereocenters. The molecule has 0 saturated carbocycles. The number of rotatable bonds is 74. The van der Waals surface area contributed by atoms with E-state index in [9.17, 15) is 19.0 Å². The first-order valence-electron chi connectivity index (χ1n) is 39.9. The Balaban J connectivity index is 4.94. The maximum atomic E-state index is 13.7. The largest absolute Gasteiger partial charge is 0.756 e. The summed E-state index contributed by atoms with van der Waals surface area (Å²) < 4.78 is 30.6. The predicted molar refractivity (Wildman–Crippen MR) is 395 cm³/mol. The summed E-state index contributed by atoms with van der Waals surface area (Å²) in [5.74, 6) is -0.520. The van der Waals surface area contributed by atoms with Crippen molar-refractivity contribution in [3.8, 4) is 0 Å². The highest BCUT2D eigenvalue weighted by Gasteiger charge is 2.27. The fraction of sp³-hybridized carbons (Fsp3) is 0.877. The zero-order valence-corrected chi connectivity index (χ0v) is 62.5. The van der Waals surface area contributed by atoms with E-state index in [4.69, 9.17) is 13.8 Å². The van der Waals surface area contributed by atoms with Crippen LogP contribution in [0.4, 0.5) is 0 Å². The van der Waals surface area contributed by atoms with E-state index in [2.05, 4.69) is 62.5 Å². The molecule has 91 heavy (non-hydrogen) atoms. The third-order valence-electron chi connectivity index (χ3n) is 18.3. The third-order valence-corrected chi connectivity index (χ3v) is 19.2. The summed E-state index contributed by atoms with van der Waals surface area (Å²) in [6.45, 7) is 6.89. The van der Waals surface area contributed by atoms with Gasteiger partial charge in [0.1, 0.15) is 19.3 Å². The molecule has 9 nitrogen and oxygen atoms in total. The molecule has 0 radical (unpaired) electrons. The van der Waals surface area contributed by atoms with Crippen LogP contribution in [0, 0.1) is 0 Å². The molecule has 536 valence electrons. The number of phosphoric acid groups is 1. The van der Waals surface area contributed by atoms with Crippen LogP contribution in [-0.2, 0) is 27.9 Å². The highest BCUT2D eigenvalue weighted by molar-refractivity contribution is 7.45. The van der Waals surface area contributed by atoms with Crippen LogP contribution in [-0.4, -0.2) is 69.4 Å². The lowest BCUT2D eigenvalue weighted by atomic mass is 10.0. The van der Waals surface area contributed by atoms with Crippen LogP contribution in [0.3, 0.4) is 0 Å². The second kappa shape index (κ2) is 70.8. The number of hydrogen-bond donors (Lipinski definition) is 1. The zero-order chi connectivity index (χ0) is 66.3. The molecule has 0 saturated heterocycles. The van der Waals surface area contributed by atoms with Crippen LogP contribution in [0.1, 0.15) is 406 Å². The van der Waals surface area contributed by atoms with E-state index in [0.717, 1.165) is 70.6 Å². The molecule has 1 amide bonds. The Hall–Kier alpha value is -2.03. The van der Waals surface area contributed by atoms with Gasteiger partial charge in [-0.3, -0.25) is 14.2 Å². The normalized spacial score (nSPS) is 13.6. The van der Waals surface area contributed by atoms with Crippen molar-refractivity contribution in [3.05, 3.63) is 48.6 Å². The standard InChI is InChI=1S/C81H155N2O7P/c1-7-10-13-16-19-22-25-28-30-32-34-36-38-40-41-43-45-47-49-51-53-56-59-62-65-68-71-74-81(85)90-79(72-69-66-63-60-57-54-27-24-21-18-15-12-9-3)78(77-89-91(86,87)88-76-75-83(4,5)6)82-80(84)73-70-67-64-61-58-55-52-50-48-46-44-42-39-37-35-33-31-29-26-23-20-17-14-11-8-2/h20,23,29,31,35,37,69,72,78-79H,7-19,21-22,24-28,30,32-34,36,38-68,70-71,73-77H2,1-6H3,(H-,82,84,86,87)/b23-20-,31-29-,37-35-,72-69+. The molecule has 0 aromatic heterocycles. The van der Waals surface area contributed by atoms with E-state index < -0.39 is 20.0 Å². The average molecular weight is 1300 g/mol. The van der Waals surface area contributed by atoms with Crippen LogP contribution in [0.25, 0.3) is 0 Å². The minimum atomic E-state index is -4.71. The Kier molecular flexibility index (Phi) is 69.2. The molecule has 0 aliphatic carbocycles. The van der Waals surface area contributed by atoms with Gasteiger partial charge in [0.05, 0.1) is 33.8 Å². The van der Waals surface area contributed by atoms with Crippen LogP contribution in [0.5, 0.6) is 0 Å². The fourth-order valence-corrected chi connectivity index (χ4v) is 12.8. The lowest BCUT2D eigenvalue weighted by Gasteiger charge is -2.30. The summed E-state index contributed by atoms with van der Waals surface area (Å²) in [4.78, 5) is 40.3. The molecule has 0 aliphatic rings. The van der Waals surface area contributed by atoms with Crippen LogP contribution in [0.15, 0.2) is 48.6 Å². The Morgan fingerprint density at radius 1 is 0.385 bits per heavy atom. The van der Waals surface area contributed by atoms with Crippen molar-refractivity contribution in [2.75, 3.05) is 40.9 Å². The van der Waals surface area contributed by atoms with E-state index in [1.54, 1.807) is 0 Å². The third kappa shape index (κ3) is 72.1. The van der Waals surface area contributed by atoms with Gasteiger partial charge in [0.25, 0.3) is 7.82 Å². The van der Waals surface area contributed by atoms with Crippen LogP contribution in [0.2, 0.25) is 0 Å². The van der Waals surface area contributed by atoms with Gasteiger partial charge in [-0.25, -0.2) is 0 Å². The zero-order valence-electron chi connectivity index (χ0n) is 61.6. The Morgan fingerprint density at radius 2 is 0.670 bits per heavy atom. The van der Waals surface area contributed by atoms with Crippen LogP contribution >= 0.6 is 7.82 Å². The van der Waals surface area contributed by atoms with Gasteiger partial charge in [-0.2, -0.15) is 0 Å². The predicted octanol–water partition coefficient (Wildman–Crippen LogP) is 25.3. The number of quaternary nitrogens is 1. The van der Waals surface area contributed by atoms with Crippen molar-refractivity contribution < 1.29 is 37.3 Å². The van der Waals surface area contributed by atoms with Gasteiger partial charge in [0.2, 0.25) is 5.91 Å². The molecule has 0 rings (SSSR count). The SMILES string of the molecule is CCCCC/C=C\C/C=C\C/C=C\CCCCCCCCCCCCCCC(=O)NC(COP(=O)([O-])OCC[N+](C)(C)C)C(/C=C/CCCCCCCCCCCCC)OC(=O)CCCCCCCCCCCCCCCCCCCCCCCCCCCCC. The van der Waals surface area contributed by atoms with Crippen molar-refractivity contribution in [1.82, 2.24) is 5.32 Å². The monoisotopic (exact) mass is 1300 g/mol. The highest BCUT2D eigenvalue weighted by Crippen LogP contribution is 2.38. The summed E-state index contributed by atoms with van der Waals surface area (Å²) in [6.07, 6.45) is 91.1. The number of carbonyl (C=O) groups excluding carboxylic acids is 2. The van der Waals surface area contributed by atoms with E-state index in [1.165, 1.54) is 302 Å². The average Bonchev–Trinajstić information content (AvgIpc) is 3.73. The number of nitrogens with zero attached hydrogens (tertiary/aromatic N) is 1. The van der Waals surface area contributed by atoms with E-state index in [-0.39, 0.29) is 31.5 Å². The quantitative estimate of drug-likeness (QED) is 0.0212.